The van der Waals surface area contributed by atoms with Crippen LogP contribution in [-0.4, -0.2) is 38.1 Å². The van der Waals surface area contributed by atoms with Crippen LogP contribution in [0.4, 0.5) is 0 Å². The number of Topliss-reactive ketones (excluding diaryl/α,β-unsaturated/α-hetero) is 1. The van der Waals surface area contributed by atoms with Crippen molar-refractivity contribution in [3.8, 4) is 17.1 Å². The van der Waals surface area contributed by atoms with Gasteiger partial charge in [-0.2, -0.15) is 4.80 Å². The van der Waals surface area contributed by atoms with Gasteiger partial charge in [-0.25, -0.2) is 0 Å². The van der Waals surface area contributed by atoms with E-state index in [1.54, 1.807) is 13.3 Å². The summed E-state index contributed by atoms with van der Waals surface area (Å²) in [4.78, 5) is 17.0. The molecule has 4 rings (SSSR count). The Labute approximate surface area is 143 Å². The van der Waals surface area contributed by atoms with Crippen molar-refractivity contribution in [3.63, 3.8) is 0 Å². The van der Waals surface area contributed by atoms with Crippen molar-refractivity contribution in [2.24, 2.45) is 0 Å². The van der Waals surface area contributed by atoms with E-state index >= 15 is 0 Å². The van der Waals surface area contributed by atoms with Crippen LogP contribution in [0.5, 0.6) is 5.75 Å². The lowest BCUT2D eigenvalue weighted by atomic mass is 10.1. The van der Waals surface area contributed by atoms with Crippen LogP contribution in [0.25, 0.3) is 22.3 Å². The third-order valence-electron chi connectivity index (χ3n) is 3.96. The first-order valence-corrected chi connectivity index (χ1v) is 7.76. The second-order valence-electron chi connectivity index (χ2n) is 5.55. The number of carbonyl (C=O) groups is 1. The van der Waals surface area contributed by atoms with E-state index in [-0.39, 0.29) is 12.3 Å². The second kappa shape index (κ2) is 6.20. The maximum absolute atomic E-state index is 12.6. The van der Waals surface area contributed by atoms with Gasteiger partial charge < -0.3 is 9.72 Å². The molecule has 0 radical (unpaired) electrons. The van der Waals surface area contributed by atoms with Crippen LogP contribution in [0.1, 0.15) is 10.4 Å². The Morgan fingerprint density at radius 2 is 2.08 bits per heavy atom. The quantitative estimate of drug-likeness (QED) is 0.568. The van der Waals surface area contributed by atoms with Crippen molar-refractivity contribution in [2.45, 2.75) is 6.54 Å². The molecule has 0 aliphatic carbocycles. The summed E-state index contributed by atoms with van der Waals surface area (Å²) in [5.41, 5.74) is 2.33. The Hall–Kier alpha value is -3.48. The molecule has 2 heterocycles. The molecule has 0 unspecified atom stereocenters. The summed E-state index contributed by atoms with van der Waals surface area (Å²) in [6.07, 6.45) is 1.72. The fraction of sp³-hybridized carbons (Fsp3) is 0.111. The van der Waals surface area contributed by atoms with Crippen molar-refractivity contribution in [1.82, 2.24) is 25.2 Å². The molecule has 0 saturated heterocycles. The SMILES string of the molecule is COc1cccc(-c2nnn(CC(=O)c3c[nH]c4ccccc34)n2)c1. The highest BCUT2D eigenvalue weighted by Gasteiger charge is 2.15. The van der Waals surface area contributed by atoms with Gasteiger partial charge in [-0.3, -0.25) is 4.79 Å². The average Bonchev–Trinajstić information content (AvgIpc) is 3.28. The molecule has 25 heavy (non-hydrogen) atoms. The number of aromatic amines is 1. The van der Waals surface area contributed by atoms with Gasteiger partial charge in [0.15, 0.2) is 5.78 Å². The van der Waals surface area contributed by atoms with E-state index in [1.165, 1.54) is 4.80 Å². The highest BCUT2D eigenvalue weighted by molar-refractivity contribution is 6.07. The van der Waals surface area contributed by atoms with Gasteiger partial charge >= 0.3 is 0 Å². The van der Waals surface area contributed by atoms with Crippen molar-refractivity contribution in [1.29, 1.82) is 0 Å². The number of methoxy groups -OCH3 is 1. The zero-order chi connectivity index (χ0) is 17.2. The molecule has 7 heteroatoms. The number of fused-ring (bicyclic) bond motifs is 1. The third-order valence-corrected chi connectivity index (χ3v) is 3.96. The molecule has 7 nitrogen and oxygen atoms in total. The Kier molecular flexibility index (Phi) is 3.74. The second-order valence-corrected chi connectivity index (χ2v) is 5.55. The van der Waals surface area contributed by atoms with Crippen molar-refractivity contribution in [2.75, 3.05) is 7.11 Å². The van der Waals surface area contributed by atoms with Crippen molar-refractivity contribution < 1.29 is 9.53 Å². The molecule has 4 aromatic rings. The van der Waals surface area contributed by atoms with E-state index in [0.717, 1.165) is 16.5 Å². The standard InChI is InChI=1S/C18H15N5O2/c1-25-13-6-4-5-12(9-13)18-20-22-23(21-18)11-17(24)15-10-19-16-8-3-2-7-14(15)16/h2-10,19H,11H2,1H3. The van der Waals surface area contributed by atoms with Crippen LogP contribution in [0, 0.1) is 0 Å². The van der Waals surface area contributed by atoms with Gasteiger partial charge in [0.1, 0.15) is 12.3 Å². The minimum Gasteiger partial charge on any atom is -0.497 e. The van der Waals surface area contributed by atoms with Crippen molar-refractivity contribution >= 4 is 16.7 Å². The number of ketones is 1. The van der Waals surface area contributed by atoms with Gasteiger partial charge in [-0.1, -0.05) is 30.3 Å². The number of tetrazole rings is 1. The molecule has 2 aromatic carbocycles. The van der Waals surface area contributed by atoms with E-state index in [1.807, 2.05) is 48.5 Å². The fourth-order valence-electron chi connectivity index (χ4n) is 2.70. The van der Waals surface area contributed by atoms with Crippen LogP contribution in [0.15, 0.2) is 54.7 Å². The van der Waals surface area contributed by atoms with Gasteiger partial charge in [0, 0.05) is 28.2 Å². The van der Waals surface area contributed by atoms with Crippen molar-refractivity contribution in [3.05, 3.63) is 60.3 Å². The lowest BCUT2D eigenvalue weighted by molar-refractivity contribution is 0.0963. The lowest BCUT2D eigenvalue weighted by Gasteiger charge is -2.00. The van der Waals surface area contributed by atoms with Gasteiger partial charge in [0.25, 0.3) is 0 Å². The Morgan fingerprint density at radius 3 is 2.96 bits per heavy atom. The number of H-pyrrole nitrogens is 1. The first-order valence-electron chi connectivity index (χ1n) is 7.76. The number of nitrogens with one attached hydrogen (secondary N) is 1. The number of para-hydroxylation sites is 1. The Morgan fingerprint density at radius 1 is 1.20 bits per heavy atom. The van der Waals surface area contributed by atoms with Crippen LogP contribution in [0.2, 0.25) is 0 Å². The first-order chi connectivity index (χ1) is 12.2. The monoisotopic (exact) mass is 333 g/mol. The molecule has 0 atom stereocenters. The summed E-state index contributed by atoms with van der Waals surface area (Å²) in [6.45, 7) is 0.0266. The third kappa shape index (κ3) is 2.87. The summed E-state index contributed by atoms with van der Waals surface area (Å²) < 4.78 is 5.20. The van der Waals surface area contributed by atoms with E-state index in [9.17, 15) is 4.79 Å². The number of rotatable bonds is 5. The van der Waals surface area contributed by atoms with Gasteiger partial charge in [0.2, 0.25) is 5.82 Å². The number of carbonyl (C=O) groups excluding carboxylic acids is 1. The Bertz CT molecular complexity index is 1050. The van der Waals surface area contributed by atoms with E-state index in [4.69, 9.17) is 4.74 Å². The smallest absolute Gasteiger partial charge is 0.205 e. The maximum atomic E-state index is 12.6. The number of benzene rings is 2. The maximum Gasteiger partial charge on any atom is 0.205 e. The normalized spacial score (nSPS) is 10.9. The van der Waals surface area contributed by atoms with Crippen LogP contribution in [-0.2, 0) is 6.54 Å². The minimum absolute atomic E-state index is 0.0266. The van der Waals surface area contributed by atoms with Crippen LogP contribution >= 0.6 is 0 Å². The largest absolute Gasteiger partial charge is 0.497 e. The summed E-state index contributed by atoms with van der Waals surface area (Å²) in [7, 11) is 1.60. The zero-order valence-electron chi connectivity index (χ0n) is 13.5. The summed E-state index contributed by atoms with van der Waals surface area (Å²) >= 11 is 0. The molecule has 0 bridgehead atoms. The number of ether oxygens (including phenoxy) is 1. The molecule has 0 fully saturated rings. The van der Waals surface area contributed by atoms with E-state index in [2.05, 4.69) is 20.4 Å². The highest BCUT2D eigenvalue weighted by Crippen LogP contribution is 2.21. The van der Waals surface area contributed by atoms with Gasteiger partial charge in [-0.15, -0.1) is 10.2 Å². The van der Waals surface area contributed by atoms with Gasteiger partial charge in [0.05, 0.1) is 7.11 Å². The molecule has 1 N–H and O–H groups in total. The lowest BCUT2D eigenvalue weighted by Crippen LogP contribution is -2.13. The fourth-order valence-corrected chi connectivity index (χ4v) is 2.70. The number of aromatic nitrogens is 5. The number of hydrogen-bond acceptors (Lipinski definition) is 5. The molecular formula is C18H15N5O2. The molecule has 0 amide bonds. The molecule has 0 spiro atoms. The summed E-state index contributed by atoms with van der Waals surface area (Å²) in [6, 6.07) is 15.1. The van der Waals surface area contributed by atoms with Crippen LogP contribution in [0.3, 0.4) is 0 Å². The van der Waals surface area contributed by atoms with E-state index in [0.29, 0.717) is 17.1 Å². The average molecular weight is 333 g/mol. The molecule has 124 valence electrons. The predicted molar refractivity (Wildman–Crippen MR) is 92.4 cm³/mol. The minimum atomic E-state index is -0.0768. The summed E-state index contributed by atoms with van der Waals surface area (Å²) in [5.74, 6) is 1.08. The zero-order valence-corrected chi connectivity index (χ0v) is 13.5. The predicted octanol–water partition coefficient (Wildman–Crippen LogP) is 2.71. The van der Waals surface area contributed by atoms with E-state index < -0.39 is 0 Å². The topological polar surface area (TPSA) is 85.7 Å². The Balaban J connectivity index is 1.57. The molecule has 2 aromatic heterocycles. The summed E-state index contributed by atoms with van der Waals surface area (Å²) in [5, 5.41) is 13.2. The highest BCUT2D eigenvalue weighted by atomic mass is 16.5. The van der Waals surface area contributed by atoms with Gasteiger partial charge in [-0.05, 0) is 23.4 Å². The molecule has 0 saturated carbocycles. The molecule has 0 aliphatic rings. The number of hydrogen-bond donors (Lipinski definition) is 1. The van der Waals surface area contributed by atoms with Crippen LogP contribution < -0.4 is 4.74 Å². The number of nitrogens with zero attached hydrogens (tertiary/aromatic N) is 4. The molecular weight excluding hydrogens is 318 g/mol. The molecule has 0 aliphatic heterocycles. The first kappa shape index (κ1) is 15.1.